The molecule has 4 heterocycles. The summed E-state index contributed by atoms with van der Waals surface area (Å²) in [7, 11) is 1.63. The van der Waals surface area contributed by atoms with E-state index in [9.17, 15) is 14.4 Å². The van der Waals surface area contributed by atoms with E-state index in [4.69, 9.17) is 0 Å². The first kappa shape index (κ1) is 18.6. The first-order chi connectivity index (χ1) is 14.5. The number of amides is 3. The first-order valence-corrected chi connectivity index (χ1v) is 10.4. The smallest absolute Gasteiger partial charge is 0.257 e. The average molecular weight is 421 g/mol. The monoisotopic (exact) mass is 421 g/mol. The Kier molecular flexibility index (Phi) is 4.39. The molecule has 0 aliphatic carbocycles. The summed E-state index contributed by atoms with van der Waals surface area (Å²) >= 11 is 1.39. The van der Waals surface area contributed by atoms with Crippen molar-refractivity contribution in [3.63, 3.8) is 0 Å². The SMILES string of the molecule is CN1CC(=O)Nc2sc3c(c2C1=O)CCN(C(=O)c1ccc(-n2cccn2)cc1)C3. The minimum absolute atomic E-state index is 0.0497. The van der Waals surface area contributed by atoms with Crippen molar-refractivity contribution < 1.29 is 14.4 Å². The minimum Gasteiger partial charge on any atom is -0.333 e. The summed E-state index contributed by atoms with van der Waals surface area (Å²) < 4.78 is 1.74. The van der Waals surface area contributed by atoms with E-state index in [-0.39, 0.29) is 24.3 Å². The van der Waals surface area contributed by atoms with Crippen LogP contribution in [0.2, 0.25) is 0 Å². The molecule has 8 nitrogen and oxygen atoms in total. The number of rotatable bonds is 2. The molecule has 2 aliphatic rings. The Balaban J connectivity index is 1.38. The molecule has 0 radical (unpaired) electrons. The van der Waals surface area contributed by atoms with Crippen molar-refractivity contribution in [1.29, 1.82) is 0 Å². The third-order valence-corrected chi connectivity index (χ3v) is 6.55. The van der Waals surface area contributed by atoms with E-state index in [0.29, 0.717) is 35.6 Å². The highest BCUT2D eigenvalue weighted by atomic mass is 32.1. The normalized spacial score (nSPS) is 16.0. The Labute approximate surface area is 176 Å². The second-order valence-corrected chi connectivity index (χ2v) is 8.50. The first-order valence-electron chi connectivity index (χ1n) is 9.60. The van der Waals surface area contributed by atoms with Gasteiger partial charge in [-0.25, -0.2) is 4.68 Å². The molecule has 0 spiro atoms. The van der Waals surface area contributed by atoms with E-state index in [0.717, 1.165) is 16.1 Å². The zero-order valence-electron chi connectivity index (χ0n) is 16.3. The lowest BCUT2D eigenvalue weighted by atomic mass is 10.0. The molecular weight excluding hydrogens is 402 g/mol. The summed E-state index contributed by atoms with van der Waals surface area (Å²) in [4.78, 5) is 42.0. The lowest BCUT2D eigenvalue weighted by Gasteiger charge is -2.27. The van der Waals surface area contributed by atoms with Gasteiger partial charge in [0.15, 0.2) is 0 Å². The standard InChI is InChI=1S/C21H19N5O3S/c1-24-12-17(27)23-19-18(21(24)29)15-7-10-25(11-16(15)30-19)20(28)13-3-5-14(6-4-13)26-9-2-8-22-26/h2-6,8-9H,7,10-12H2,1H3,(H,23,27). The van der Waals surface area contributed by atoms with Crippen LogP contribution in [0.15, 0.2) is 42.7 Å². The second kappa shape index (κ2) is 7.10. The van der Waals surface area contributed by atoms with Gasteiger partial charge in [-0.2, -0.15) is 5.10 Å². The molecule has 1 aromatic carbocycles. The summed E-state index contributed by atoms with van der Waals surface area (Å²) in [5.41, 5.74) is 3.03. The number of carbonyl (C=O) groups excluding carboxylic acids is 3. The maximum absolute atomic E-state index is 13.0. The molecule has 0 fully saturated rings. The summed E-state index contributed by atoms with van der Waals surface area (Å²) in [5.74, 6) is -0.396. The topological polar surface area (TPSA) is 87.5 Å². The van der Waals surface area contributed by atoms with Crippen molar-refractivity contribution in [2.24, 2.45) is 0 Å². The van der Waals surface area contributed by atoms with Gasteiger partial charge in [0.2, 0.25) is 5.91 Å². The van der Waals surface area contributed by atoms with Crippen molar-refractivity contribution in [2.75, 3.05) is 25.5 Å². The molecule has 0 bridgehead atoms. The van der Waals surface area contributed by atoms with Gasteiger partial charge in [-0.05, 0) is 42.3 Å². The van der Waals surface area contributed by atoms with Crippen LogP contribution in [0, 0.1) is 0 Å². The number of likely N-dealkylation sites (N-methyl/N-ethyl adjacent to an activating group) is 1. The molecule has 3 amide bonds. The number of carbonyl (C=O) groups is 3. The summed E-state index contributed by atoms with van der Waals surface area (Å²) in [6.45, 7) is 1.01. The highest BCUT2D eigenvalue weighted by molar-refractivity contribution is 7.17. The Hall–Kier alpha value is -3.46. The number of benzene rings is 1. The number of thiophene rings is 1. The molecule has 152 valence electrons. The Morgan fingerprint density at radius 2 is 1.97 bits per heavy atom. The minimum atomic E-state index is -0.201. The van der Waals surface area contributed by atoms with Gasteiger partial charge in [0, 0.05) is 36.4 Å². The van der Waals surface area contributed by atoms with Gasteiger partial charge in [-0.15, -0.1) is 11.3 Å². The van der Waals surface area contributed by atoms with E-state index < -0.39 is 0 Å². The van der Waals surface area contributed by atoms with Crippen molar-refractivity contribution in [3.05, 3.63) is 64.3 Å². The van der Waals surface area contributed by atoms with Crippen LogP contribution in [-0.4, -0.2) is 57.4 Å². The van der Waals surface area contributed by atoms with Crippen molar-refractivity contribution in [2.45, 2.75) is 13.0 Å². The van der Waals surface area contributed by atoms with Crippen LogP contribution < -0.4 is 5.32 Å². The summed E-state index contributed by atoms with van der Waals surface area (Å²) in [6.07, 6.45) is 4.15. The highest BCUT2D eigenvalue weighted by Gasteiger charge is 2.34. The average Bonchev–Trinajstić information content (AvgIpc) is 3.38. The molecule has 0 unspecified atom stereocenters. The quantitative estimate of drug-likeness (QED) is 0.687. The van der Waals surface area contributed by atoms with E-state index >= 15 is 0 Å². The molecule has 9 heteroatoms. The fraction of sp³-hybridized carbons (Fsp3) is 0.238. The molecule has 3 aromatic rings. The van der Waals surface area contributed by atoms with Gasteiger partial charge in [-0.3, -0.25) is 14.4 Å². The Bertz CT molecular complexity index is 1150. The van der Waals surface area contributed by atoms with Gasteiger partial charge in [0.25, 0.3) is 11.8 Å². The van der Waals surface area contributed by atoms with Gasteiger partial charge < -0.3 is 15.1 Å². The van der Waals surface area contributed by atoms with Crippen LogP contribution in [-0.2, 0) is 17.8 Å². The Morgan fingerprint density at radius 3 is 2.70 bits per heavy atom. The highest BCUT2D eigenvalue weighted by Crippen LogP contribution is 2.39. The molecule has 0 saturated heterocycles. The number of hydrogen-bond donors (Lipinski definition) is 1. The lowest BCUT2D eigenvalue weighted by Crippen LogP contribution is -2.36. The Morgan fingerprint density at radius 1 is 1.17 bits per heavy atom. The van der Waals surface area contributed by atoms with E-state index in [2.05, 4.69) is 10.4 Å². The predicted molar refractivity (Wildman–Crippen MR) is 112 cm³/mol. The summed E-state index contributed by atoms with van der Waals surface area (Å²) in [6, 6.07) is 9.19. The molecule has 2 aliphatic heterocycles. The molecule has 2 aromatic heterocycles. The number of nitrogens with zero attached hydrogens (tertiary/aromatic N) is 4. The van der Waals surface area contributed by atoms with Crippen molar-refractivity contribution in [3.8, 4) is 5.69 Å². The molecule has 0 atom stereocenters. The van der Waals surface area contributed by atoms with Gasteiger partial charge in [0.05, 0.1) is 24.3 Å². The van der Waals surface area contributed by atoms with Crippen LogP contribution >= 0.6 is 11.3 Å². The van der Waals surface area contributed by atoms with E-state index in [1.807, 2.05) is 24.4 Å². The fourth-order valence-electron chi connectivity index (χ4n) is 3.90. The largest absolute Gasteiger partial charge is 0.333 e. The third kappa shape index (κ3) is 3.07. The molecule has 5 rings (SSSR count). The number of anilines is 1. The van der Waals surface area contributed by atoms with E-state index in [1.54, 1.807) is 35.0 Å². The number of aromatic nitrogens is 2. The maximum atomic E-state index is 13.0. The molecule has 30 heavy (non-hydrogen) atoms. The second-order valence-electron chi connectivity index (χ2n) is 7.39. The number of hydrogen-bond acceptors (Lipinski definition) is 5. The number of fused-ring (bicyclic) bond motifs is 3. The molecule has 0 saturated carbocycles. The van der Waals surface area contributed by atoms with Gasteiger partial charge in [0.1, 0.15) is 5.00 Å². The molecular formula is C21H19N5O3S. The van der Waals surface area contributed by atoms with E-state index in [1.165, 1.54) is 16.2 Å². The zero-order valence-corrected chi connectivity index (χ0v) is 17.1. The van der Waals surface area contributed by atoms with Crippen LogP contribution in [0.3, 0.4) is 0 Å². The molecule has 1 N–H and O–H groups in total. The van der Waals surface area contributed by atoms with Gasteiger partial charge >= 0.3 is 0 Å². The van der Waals surface area contributed by atoms with Crippen molar-refractivity contribution >= 4 is 34.1 Å². The summed E-state index contributed by atoms with van der Waals surface area (Å²) in [5, 5.41) is 7.63. The predicted octanol–water partition coefficient (Wildman–Crippen LogP) is 2.16. The number of nitrogens with one attached hydrogen (secondary N) is 1. The van der Waals surface area contributed by atoms with Crippen LogP contribution in [0.5, 0.6) is 0 Å². The van der Waals surface area contributed by atoms with Crippen LogP contribution in [0.25, 0.3) is 5.69 Å². The zero-order chi connectivity index (χ0) is 20.8. The van der Waals surface area contributed by atoms with Crippen LogP contribution in [0.1, 0.15) is 31.2 Å². The van der Waals surface area contributed by atoms with Crippen LogP contribution in [0.4, 0.5) is 5.00 Å². The maximum Gasteiger partial charge on any atom is 0.257 e. The van der Waals surface area contributed by atoms with Gasteiger partial charge in [-0.1, -0.05) is 0 Å². The van der Waals surface area contributed by atoms with Crippen molar-refractivity contribution in [1.82, 2.24) is 19.6 Å². The third-order valence-electron chi connectivity index (χ3n) is 5.42. The fourth-order valence-corrected chi connectivity index (χ4v) is 5.17. The lowest BCUT2D eigenvalue weighted by molar-refractivity contribution is -0.116.